The first kappa shape index (κ1) is 25.6. The Labute approximate surface area is 177 Å². The average Bonchev–Trinajstić information content (AvgIpc) is 3.10. The lowest BCUT2D eigenvalue weighted by Gasteiger charge is -2.40. The number of thioether (sulfide) groups is 2. The van der Waals surface area contributed by atoms with Crippen LogP contribution in [0.2, 0.25) is 18.1 Å². The normalized spacial score (nSPS) is 20.7. The Hall–Kier alpha value is 0.537. The maximum absolute atomic E-state index is 9.24. The molecule has 0 aromatic heterocycles. The number of ether oxygens (including phenoxy) is 1. The summed E-state index contributed by atoms with van der Waals surface area (Å²) < 4.78 is 13.3. The Morgan fingerprint density at radius 3 is 2.30 bits per heavy atom. The SMILES string of the molecule is CO[C@@H](C[C@H](CC[C@@H](C)C1SCCS1)O[Si](C)(C)C(C)(C)C)/C(C)=C/CO. The van der Waals surface area contributed by atoms with Gasteiger partial charge in [-0.3, -0.25) is 0 Å². The molecule has 1 aliphatic rings. The molecule has 0 aromatic carbocycles. The van der Waals surface area contributed by atoms with E-state index in [2.05, 4.69) is 64.3 Å². The third kappa shape index (κ3) is 8.43. The minimum atomic E-state index is -1.84. The molecule has 0 aromatic rings. The van der Waals surface area contributed by atoms with Crippen LogP contribution in [0.25, 0.3) is 0 Å². The molecule has 0 bridgehead atoms. The zero-order valence-corrected chi connectivity index (χ0v) is 21.3. The molecular formula is C21H42O3S2Si. The lowest BCUT2D eigenvalue weighted by atomic mass is 9.98. The number of rotatable bonds is 11. The number of hydrogen-bond acceptors (Lipinski definition) is 5. The van der Waals surface area contributed by atoms with Gasteiger partial charge in [-0.2, -0.15) is 0 Å². The van der Waals surface area contributed by atoms with Gasteiger partial charge in [0.2, 0.25) is 0 Å². The molecule has 1 N–H and O–H groups in total. The highest BCUT2D eigenvalue weighted by molar-refractivity contribution is 8.20. The van der Waals surface area contributed by atoms with Gasteiger partial charge in [-0.05, 0) is 49.4 Å². The van der Waals surface area contributed by atoms with E-state index in [1.54, 1.807) is 7.11 Å². The highest BCUT2D eigenvalue weighted by atomic mass is 32.2. The summed E-state index contributed by atoms with van der Waals surface area (Å²) in [6, 6.07) is 0. The van der Waals surface area contributed by atoms with E-state index in [9.17, 15) is 5.11 Å². The maximum atomic E-state index is 9.24. The van der Waals surface area contributed by atoms with Gasteiger partial charge in [0, 0.05) is 31.1 Å². The first-order chi connectivity index (χ1) is 12.5. The van der Waals surface area contributed by atoms with Crippen LogP contribution in [0, 0.1) is 5.92 Å². The average molecular weight is 435 g/mol. The van der Waals surface area contributed by atoms with Crippen molar-refractivity contribution in [2.75, 3.05) is 25.2 Å². The fourth-order valence-corrected chi connectivity index (χ4v) is 7.62. The minimum Gasteiger partial charge on any atom is -0.414 e. The summed E-state index contributed by atoms with van der Waals surface area (Å²) in [5.74, 6) is 3.30. The smallest absolute Gasteiger partial charge is 0.192 e. The molecule has 3 nitrogen and oxygen atoms in total. The van der Waals surface area contributed by atoms with Crippen molar-refractivity contribution in [3.05, 3.63) is 11.6 Å². The number of hydrogen-bond donors (Lipinski definition) is 1. The Balaban J connectivity index is 2.82. The Morgan fingerprint density at radius 1 is 1.22 bits per heavy atom. The van der Waals surface area contributed by atoms with E-state index >= 15 is 0 Å². The fraction of sp³-hybridized carbons (Fsp3) is 0.905. The van der Waals surface area contributed by atoms with Crippen LogP contribution in [0.5, 0.6) is 0 Å². The second kappa shape index (κ2) is 11.7. The topological polar surface area (TPSA) is 38.7 Å². The van der Waals surface area contributed by atoms with Crippen molar-refractivity contribution in [3.8, 4) is 0 Å². The molecule has 0 aliphatic carbocycles. The summed E-state index contributed by atoms with van der Waals surface area (Å²) in [6.07, 6.45) is 5.21. The molecule has 1 heterocycles. The lowest BCUT2D eigenvalue weighted by Crippen LogP contribution is -2.45. The van der Waals surface area contributed by atoms with Gasteiger partial charge < -0.3 is 14.3 Å². The minimum absolute atomic E-state index is 0.0115. The van der Waals surface area contributed by atoms with E-state index in [-0.39, 0.29) is 23.9 Å². The molecule has 1 aliphatic heterocycles. The van der Waals surface area contributed by atoms with E-state index < -0.39 is 8.32 Å². The van der Waals surface area contributed by atoms with Crippen molar-refractivity contribution in [3.63, 3.8) is 0 Å². The number of methoxy groups -OCH3 is 1. The van der Waals surface area contributed by atoms with E-state index in [1.165, 1.54) is 17.9 Å². The van der Waals surface area contributed by atoms with Gasteiger partial charge in [0.15, 0.2) is 8.32 Å². The van der Waals surface area contributed by atoms with Crippen LogP contribution in [-0.4, -0.2) is 55.4 Å². The second-order valence-electron chi connectivity index (χ2n) is 9.26. The van der Waals surface area contributed by atoms with Crippen LogP contribution in [0.3, 0.4) is 0 Å². The van der Waals surface area contributed by atoms with Crippen molar-refractivity contribution < 1.29 is 14.3 Å². The third-order valence-electron chi connectivity index (χ3n) is 6.01. The highest BCUT2D eigenvalue weighted by Crippen LogP contribution is 2.41. The molecule has 160 valence electrons. The van der Waals surface area contributed by atoms with Crippen LogP contribution in [0.15, 0.2) is 11.6 Å². The summed E-state index contributed by atoms with van der Waals surface area (Å²) >= 11 is 4.24. The van der Waals surface area contributed by atoms with Gasteiger partial charge in [0.05, 0.1) is 17.3 Å². The molecule has 3 atom stereocenters. The predicted octanol–water partition coefficient (Wildman–Crippen LogP) is 5.94. The van der Waals surface area contributed by atoms with E-state index in [4.69, 9.17) is 9.16 Å². The first-order valence-electron chi connectivity index (χ1n) is 10.2. The molecule has 1 saturated heterocycles. The van der Waals surface area contributed by atoms with Crippen molar-refractivity contribution in [1.29, 1.82) is 0 Å². The van der Waals surface area contributed by atoms with E-state index in [0.29, 0.717) is 5.92 Å². The van der Waals surface area contributed by atoms with Crippen LogP contribution in [0.1, 0.15) is 53.9 Å². The Bertz CT molecular complexity index is 457. The zero-order valence-electron chi connectivity index (χ0n) is 18.7. The molecule has 0 unspecified atom stereocenters. The fourth-order valence-electron chi connectivity index (χ4n) is 3.09. The summed E-state index contributed by atoms with van der Waals surface area (Å²) in [7, 11) is -0.0780. The van der Waals surface area contributed by atoms with Gasteiger partial charge in [0.25, 0.3) is 0 Å². The monoisotopic (exact) mass is 434 g/mol. The molecule has 27 heavy (non-hydrogen) atoms. The lowest BCUT2D eigenvalue weighted by molar-refractivity contribution is 0.0639. The van der Waals surface area contributed by atoms with Crippen LogP contribution in [0.4, 0.5) is 0 Å². The quantitative estimate of drug-likeness (QED) is 0.322. The highest BCUT2D eigenvalue weighted by Gasteiger charge is 2.39. The second-order valence-corrected chi connectivity index (χ2v) is 16.8. The van der Waals surface area contributed by atoms with Gasteiger partial charge in [-0.15, -0.1) is 23.5 Å². The Kier molecular flexibility index (Phi) is 11.0. The van der Waals surface area contributed by atoms with Crippen molar-refractivity contribution in [2.45, 2.75) is 88.8 Å². The first-order valence-corrected chi connectivity index (χ1v) is 15.2. The van der Waals surface area contributed by atoms with Crippen LogP contribution in [-0.2, 0) is 9.16 Å². The summed E-state index contributed by atoms with van der Waals surface area (Å²) in [6.45, 7) is 16.1. The molecule has 1 rings (SSSR count). The van der Waals surface area contributed by atoms with Crippen LogP contribution < -0.4 is 0 Å². The molecule has 0 radical (unpaired) electrons. The molecule has 0 saturated carbocycles. The maximum Gasteiger partial charge on any atom is 0.192 e. The molecular weight excluding hydrogens is 392 g/mol. The van der Waals surface area contributed by atoms with Gasteiger partial charge in [0.1, 0.15) is 0 Å². The van der Waals surface area contributed by atoms with E-state index in [0.717, 1.165) is 23.0 Å². The predicted molar refractivity (Wildman–Crippen MR) is 125 cm³/mol. The molecule has 6 heteroatoms. The van der Waals surface area contributed by atoms with Crippen molar-refractivity contribution in [1.82, 2.24) is 0 Å². The largest absolute Gasteiger partial charge is 0.414 e. The van der Waals surface area contributed by atoms with Crippen molar-refractivity contribution in [2.24, 2.45) is 5.92 Å². The van der Waals surface area contributed by atoms with E-state index in [1.807, 2.05) is 13.0 Å². The Morgan fingerprint density at radius 2 is 1.81 bits per heavy atom. The standard InChI is InChI=1S/C21H42O3S2Si/c1-16(11-12-22)19(23-6)15-18(24-27(7,8)21(3,4)5)10-9-17(2)20-25-13-14-26-20/h11,17-20,22H,9-10,12-15H2,1-8H3/b16-11+/t17-,18+,19+/m1/s1. The summed E-state index contributed by atoms with van der Waals surface area (Å²) in [5.41, 5.74) is 1.10. The van der Waals surface area contributed by atoms with Gasteiger partial charge in [-0.1, -0.05) is 33.8 Å². The number of aliphatic hydroxyl groups is 1. The summed E-state index contributed by atoms with van der Waals surface area (Å²) in [4.78, 5) is 0. The zero-order chi connectivity index (χ0) is 20.7. The molecule has 0 spiro atoms. The van der Waals surface area contributed by atoms with Gasteiger partial charge >= 0.3 is 0 Å². The molecule has 0 amide bonds. The number of aliphatic hydroxyl groups excluding tert-OH is 1. The van der Waals surface area contributed by atoms with Crippen molar-refractivity contribution >= 4 is 31.8 Å². The summed E-state index contributed by atoms with van der Waals surface area (Å²) in [5, 5.41) is 9.45. The third-order valence-corrected chi connectivity index (χ3v) is 14.1. The van der Waals surface area contributed by atoms with Gasteiger partial charge in [-0.25, -0.2) is 0 Å². The van der Waals surface area contributed by atoms with Crippen LogP contribution >= 0.6 is 23.5 Å². The molecule has 1 fully saturated rings.